The third kappa shape index (κ3) is 3.77. The van der Waals surface area contributed by atoms with Crippen LogP contribution in [-0.4, -0.2) is 49.3 Å². The number of carbonyl (C=O) groups excluding carboxylic acids is 1. The van der Waals surface area contributed by atoms with Gasteiger partial charge in [-0.15, -0.1) is 0 Å². The molecule has 144 valence electrons. The standard InChI is InChI=1S/C19H27F2N3O2/c1-2-3-8-26-19(25)24-13-4-5-14(24)12-23(11-13)15-9-17(20)16(6-7-22)18(21)10-15/h9-10,13-14H,2-8,11-12,22H2,1H3. The number of fused-ring (bicyclic) bond motifs is 2. The summed E-state index contributed by atoms with van der Waals surface area (Å²) >= 11 is 0. The van der Waals surface area contributed by atoms with Crippen LogP contribution in [-0.2, 0) is 11.2 Å². The van der Waals surface area contributed by atoms with Crippen molar-refractivity contribution in [3.05, 3.63) is 29.3 Å². The second-order valence-corrected chi connectivity index (χ2v) is 7.09. The first-order valence-electron chi connectivity index (χ1n) is 9.43. The number of nitrogens with two attached hydrogens (primary N) is 1. The molecule has 1 aromatic rings. The van der Waals surface area contributed by atoms with E-state index in [1.807, 2.05) is 16.7 Å². The second kappa shape index (κ2) is 8.20. The lowest BCUT2D eigenvalue weighted by atomic mass is 10.1. The summed E-state index contributed by atoms with van der Waals surface area (Å²) in [6.07, 6.45) is 3.53. The minimum absolute atomic E-state index is 0.0257. The zero-order valence-corrected chi connectivity index (χ0v) is 15.2. The lowest BCUT2D eigenvalue weighted by Gasteiger charge is -2.41. The predicted molar refractivity (Wildman–Crippen MR) is 96.2 cm³/mol. The fraction of sp³-hybridized carbons (Fsp3) is 0.632. The third-order valence-electron chi connectivity index (χ3n) is 5.30. The Balaban J connectivity index is 1.70. The Kier molecular flexibility index (Phi) is 5.96. The number of anilines is 1. The maximum absolute atomic E-state index is 14.2. The van der Waals surface area contributed by atoms with E-state index in [4.69, 9.17) is 10.5 Å². The largest absolute Gasteiger partial charge is 0.449 e. The fourth-order valence-electron chi connectivity index (χ4n) is 3.95. The average molecular weight is 367 g/mol. The normalized spacial score (nSPS) is 22.0. The number of amides is 1. The Labute approximate surface area is 153 Å². The number of halogens is 2. The van der Waals surface area contributed by atoms with Gasteiger partial charge in [-0.25, -0.2) is 13.6 Å². The summed E-state index contributed by atoms with van der Waals surface area (Å²) in [6.45, 7) is 3.82. The highest BCUT2D eigenvalue weighted by Gasteiger charge is 2.43. The summed E-state index contributed by atoms with van der Waals surface area (Å²) in [7, 11) is 0. The van der Waals surface area contributed by atoms with Crippen LogP contribution < -0.4 is 10.6 Å². The van der Waals surface area contributed by atoms with Crippen molar-refractivity contribution in [2.45, 2.75) is 51.1 Å². The zero-order chi connectivity index (χ0) is 18.7. The Bertz CT molecular complexity index is 619. The molecule has 1 amide bonds. The number of nitrogens with zero attached hydrogens (tertiary/aromatic N) is 2. The lowest BCUT2D eigenvalue weighted by Crippen LogP contribution is -2.56. The molecule has 0 saturated carbocycles. The number of rotatable bonds is 6. The van der Waals surface area contributed by atoms with E-state index in [1.165, 1.54) is 12.1 Å². The minimum Gasteiger partial charge on any atom is -0.449 e. The Hall–Kier alpha value is -1.89. The highest BCUT2D eigenvalue weighted by atomic mass is 19.1. The number of hydrogen-bond donors (Lipinski definition) is 1. The molecule has 5 nitrogen and oxygen atoms in total. The van der Waals surface area contributed by atoms with E-state index in [-0.39, 0.29) is 36.7 Å². The molecule has 0 aliphatic carbocycles. The molecule has 2 N–H and O–H groups in total. The van der Waals surface area contributed by atoms with Gasteiger partial charge in [0.1, 0.15) is 11.6 Å². The first-order chi connectivity index (χ1) is 12.5. The van der Waals surface area contributed by atoms with Crippen LogP contribution in [0.2, 0.25) is 0 Å². The van der Waals surface area contributed by atoms with Crippen molar-refractivity contribution >= 4 is 11.8 Å². The Morgan fingerprint density at radius 2 is 1.85 bits per heavy atom. The van der Waals surface area contributed by atoms with Gasteiger partial charge in [0, 0.05) is 24.3 Å². The molecule has 2 fully saturated rings. The van der Waals surface area contributed by atoms with Crippen LogP contribution in [0.25, 0.3) is 0 Å². The summed E-state index contributed by atoms with van der Waals surface area (Å²) in [4.78, 5) is 16.1. The maximum atomic E-state index is 14.2. The quantitative estimate of drug-likeness (QED) is 0.785. The Morgan fingerprint density at radius 3 is 2.38 bits per heavy atom. The molecule has 1 aromatic carbocycles. The molecular formula is C19H27F2N3O2. The molecule has 2 bridgehead atoms. The molecule has 3 rings (SSSR count). The number of hydrogen-bond acceptors (Lipinski definition) is 4. The van der Waals surface area contributed by atoms with Crippen LogP contribution in [0.15, 0.2) is 12.1 Å². The van der Waals surface area contributed by atoms with Gasteiger partial charge >= 0.3 is 6.09 Å². The lowest BCUT2D eigenvalue weighted by molar-refractivity contribution is 0.0777. The van der Waals surface area contributed by atoms with Crippen molar-refractivity contribution < 1.29 is 18.3 Å². The van der Waals surface area contributed by atoms with E-state index in [1.54, 1.807) is 0 Å². The topological polar surface area (TPSA) is 58.8 Å². The maximum Gasteiger partial charge on any atom is 0.410 e. The average Bonchev–Trinajstić information content (AvgIpc) is 2.88. The van der Waals surface area contributed by atoms with Gasteiger partial charge in [0.15, 0.2) is 0 Å². The molecule has 2 aliphatic heterocycles. The van der Waals surface area contributed by atoms with E-state index >= 15 is 0 Å². The van der Waals surface area contributed by atoms with E-state index in [2.05, 4.69) is 0 Å². The third-order valence-corrected chi connectivity index (χ3v) is 5.30. The van der Waals surface area contributed by atoms with Crippen molar-refractivity contribution in [3.8, 4) is 0 Å². The summed E-state index contributed by atoms with van der Waals surface area (Å²) in [5.74, 6) is -1.11. The van der Waals surface area contributed by atoms with Crippen molar-refractivity contribution in [1.82, 2.24) is 4.90 Å². The monoisotopic (exact) mass is 367 g/mol. The molecule has 2 aliphatic rings. The van der Waals surface area contributed by atoms with Crippen molar-refractivity contribution in [2.75, 3.05) is 31.1 Å². The van der Waals surface area contributed by atoms with Gasteiger partial charge in [0.25, 0.3) is 0 Å². The molecule has 0 aromatic heterocycles. The van der Waals surface area contributed by atoms with Gasteiger partial charge in [-0.1, -0.05) is 13.3 Å². The van der Waals surface area contributed by atoms with Gasteiger partial charge in [0.05, 0.1) is 18.7 Å². The summed E-state index contributed by atoms with van der Waals surface area (Å²) in [5.41, 5.74) is 5.98. The molecule has 2 heterocycles. The molecule has 7 heteroatoms. The smallest absolute Gasteiger partial charge is 0.410 e. The van der Waals surface area contributed by atoms with E-state index in [0.717, 1.165) is 25.7 Å². The van der Waals surface area contributed by atoms with Crippen LogP contribution in [0.4, 0.5) is 19.3 Å². The molecule has 2 atom stereocenters. The van der Waals surface area contributed by atoms with Crippen LogP contribution in [0, 0.1) is 11.6 Å². The summed E-state index contributed by atoms with van der Waals surface area (Å²) in [6, 6.07) is 2.81. The van der Waals surface area contributed by atoms with Crippen molar-refractivity contribution in [2.24, 2.45) is 5.73 Å². The van der Waals surface area contributed by atoms with Gasteiger partial charge in [-0.2, -0.15) is 0 Å². The van der Waals surface area contributed by atoms with E-state index < -0.39 is 11.6 Å². The van der Waals surface area contributed by atoms with Gasteiger partial charge < -0.3 is 15.4 Å². The Morgan fingerprint density at radius 1 is 1.23 bits per heavy atom. The number of unbranched alkanes of at least 4 members (excludes halogenated alkanes) is 1. The molecular weight excluding hydrogens is 340 g/mol. The zero-order valence-electron chi connectivity index (χ0n) is 15.2. The van der Waals surface area contributed by atoms with Gasteiger partial charge in [-0.05, 0) is 44.4 Å². The summed E-state index contributed by atoms with van der Waals surface area (Å²) in [5, 5.41) is 0. The van der Waals surface area contributed by atoms with Crippen LogP contribution in [0.5, 0.6) is 0 Å². The van der Waals surface area contributed by atoms with Crippen LogP contribution in [0.3, 0.4) is 0 Å². The minimum atomic E-state index is -0.556. The summed E-state index contributed by atoms with van der Waals surface area (Å²) < 4.78 is 33.8. The molecule has 2 saturated heterocycles. The van der Waals surface area contributed by atoms with Crippen molar-refractivity contribution in [1.29, 1.82) is 0 Å². The highest BCUT2D eigenvalue weighted by molar-refractivity contribution is 5.70. The fourth-order valence-corrected chi connectivity index (χ4v) is 3.95. The number of carbonyl (C=O) groups is 1. The number of piperazine rings is 1. The first-order valence-corrected chi connectivity index (χ1v) is 9.43. The first kappa shape index (κ1) is 18.9. The van der Waals surface area contributed by atoms with Gasteiger partial charge in [-0.3, -0.25) is 4.90 Å². The SMILES string of the molecule is CCCCOC(=O)N1C2CCC1CN(c1cc(F)c(CCN)c(F)c1)C2. The van der Waals surface area contributed by atoms with E-state index in [0.29, 0.717) is 25.4 Å². The number of ether oxygens (including phenoxy) is 1. The highest BCUT2D eigenvalue weighted by Crippen LogP contribution is 2.34. The number of benzene rings is 1. The predicted octanol–water partition coefficient (Wildman–Crippen LogP) is 3.06. The van der Waals surface area contributed by atoms with Crippen LogP contribution >= 0.6 is 0 Å². The molecule has 26 heavy (non-hydrogen) atoms. The van der Waals surface area contributed by atoms with Crippen LogP contribution in [0.1, 0.15) is 38.2 Å². The second-order valence-electron chi connectivity index (χ2n) is 7.09. The van der Waals surface area contributed by atoms with Crippen molar-refractivity contribution in [3.63, 3.8) is 0 Å². The molecule has 0 radical (unpaired) electrons. The molecule has 0 spiro atoms. The molecule has 2 unspecified atom stereocenters. The van der Waals surface area contributed by atoms with Gasteiger partial charge in [0.2, 0.25) is 0 Å². The van der Waals surface area contributed by atoms with E-state index in [9.17, 15) is 13.6 Å².